The van der Waals surface area contributed by atoms with E-state index in [1.54, 1.807) is 34.0 Å². The van der Waals surface area contributed by atoms with Gasteiger partial charge in [-0.3, -0.25) is 18.7 Å². The summed E-state index contributed by atoms with van der Waals surface area (Å²) >= 11 is 0. The SMILES string of the molecule is CC(C)Nc1cc(-n2ccc3cc(C#N)cnc32)ncc1C(=O)NC1CCC(O)(c2ccnn2C)CC1.Cn1nccc1C1(O)CCC(NC(=O)OC(C)(C)C)CC1. The number of ether oxygens (including phenoxy) is 1. The van der Waals surface area contributed by atoms with E-state index in [1.165, 1.54) is 6.20 Å². The molecule has 2 aliphatic carbocycles. The van der Waals surface area contributed by atoms with E-state index in [1.807, 2.05) is 83.7 Å². The van der Waals surface area contributed by atoms with Crippen LogP contribution in [0.1, 0.15) is 113 Å². The molecule has 0 radical (unpaired) electrons. The number of carbonyl (C=O) groups excluding carboxylic acids is 2. The number of alkyl carbamates (subject to hydrolysis) is 1. The quantitative estimate of drug-likeness (QED) is 0.133. The number of aromatic nitrogens is 7. The van der Waals surface area contributed by atoms with Crippen LogP contribution in [0.25, 0.3) is 16.9 Å². The monoisotopic (exact) mass is 793 g/mol. The molecule has 0 aliphatic heterocycles. The molecule has 308 valence electrons. The Morgan fingerprint density at radius 1 is 0.879 bits per heavy atom. The van der Waals surface area contributed by atoms with Crippen molar-refractivity contribution in [3.05, 3.63) is 83.8 Å². The Kier molecular flexibility index (Phi) is 12.2. The van der Waals surface area contributed by atoms with E-state index < -0.39 is 22.9 Å². The summed E-state index contributed by atoms with van der Waals surface area (Å²) in [6.07, 6.45) is 13.0. The van der Waals surface area contributed by atoms with E-state index in [9.17, 15) is 19.8 Å². The Hall–Kier alpha value is -5.79. The summed E-state index contributed by atoms with van der Waals surface area (Å²) < 4.78 is 10.5. The highest BCUT2D eigenvalue weighted by Gasteiger charge is 2.39. The Bertz CT molecular complexity index is 2260. The van der Waals surface area contributed by atoms with Gasteiger partial charge in [0.1, 0.15) is 34.3 Å². The minimum atomic E-state index is -0.929. The largest absolute Gasteiger partial charge is 0.444 e. The van der Waals surface area contributed by atoms with Gasteiger partial charge in [-0.05, 0) is 110 Å². The molecule has 7 rings (SSSR count). The van der Waals surface area contributed by atoms with Crippen molar-refractivity contribution in [3.63, 3.8) is 0 Å². The number of nitriles is 1. The molecule has 58 heavy (non-hydrogen) atoms. The van der Waals surface area contributed by atoms with Crippen LogP contribution in [0.15, 0.2) is 61.3 Å². The second kappa shape index (κ2) is 17.0. The Labute approximate surface area is 338 Å². The first-order chi connectivity index (χ1) is 27.5. The molecule has 16 heteroatoms. The highest BCUT2D eigenvalue weighted by Crippen LogP contribution is 2.38. The number of hydrogen-bond donors (Lipinski definition) is 5. The van der Waals surface area contributed by atoms with Crippen molar-refractivity contribution in [3.8, 4) is 11.9 Å². The number of nitrogens with one attached hydrogen (secondary N) is 3. The molecule has 2 amide bonds. The minimum Gasteiger partial charge on any atom is -0.444 e. The lowest BCUT2D eigenvalue weighted by Crippen LogP contribution is -2.44. The third kappa shape index (κ3) is 9.66. The molecular weight excluding hydrogens is 739 g/mol. The lowest BCUT2D eigenvalue weighted by atomic mass is 9.80. The van der Waals surface area contributed by atoms with Crippen LogP contribution in [-0.4, -0.2) is 80.0 Å². The van der Waals surface area contributed by atoms with Crippen molar-refractivity contribution in [1.82, 2.24) is 44.7 Å². The summed E-state index contributed by atoms with van der Waals surface area (Å²) in [7, 11) is 3.66. The molecule has 0 spiro atoms. The number of anilines is 1. The van der Waals surface area contributed by atoms with Crippen LogP contribution in [0.4, 0.5) is 10.5 Å². The number of pyridine rings is 2. The van der Waals surface area contributed by atoms with Crippen molar-refractivity contribution in [2.75, 3.05) is 5.32 Å². The molecule has 2 saturated carbocycles. The van der Waals surface area contributed by atoms with Crippen LogP contribution in [-0.2, 0) is 30.0 Å². The number of rotatable bonds is 8. The number of nitrogens with zero attached hydrogens (tertiary/aromatic N) is 8. The van der Waals surface area contributed by atoms with Gasteiger partial charge < -0.3 is 30.9 Å². The predicted octanol–water partition coefficient (Wildman–Crippen LogP) is 5.48. The van der Waals surface area contributed by atoms with Crippen LogP contribution in [0.3, 0.4) is 0 Å². The first kappa shape index (κ1) is 41.8. The first-order valence-corrected chi connectivity index (χ1v) is 19.8. The Morgan fingerprint density at radius 2 is 1.45 bits per heavy atom. The van der Waals surface area contributed by atoms with E-state index >= 15 is 0 Å². The van der Waals surface area contributed by atoms with Gasteiger partial charge >= 0.3 is 6.09 Å². The van der Waals surface area contributed by atoms with Gasteiger partial charge in [-0.2, -0.15) is 15.5 Å². The van der Waals surface area contributed by atoms with Crippen LogP contribution < -0.4 is 16.0 Å². The van der Waals surface area contributed by atoms with E-state index in [4.69, 9.17) is 10.00 Å². The van der Waals surface area contributed by atoms with Crippen LogP contribution in [0.2, 0.25) is 0 Å². The third-order valence-electron chi connectivity index (χ3n) is 10.8. The van der Waals surface area contributed by atoms with Crippen molar-refractivity contribution < 1.29 is 24.5 Å². The van der Waals surface area contributed by atoms with Gasteiger partial charge in [-0.15, -0.1) is 0 Å². The van der Waals surface area contributed by atoms with Gasteiger partial charge in [0.15, 0.2) is 0 Å². The molecule has 5 heterocycles. The number of fused-ring (bicyclic) bond motifs is 1. The summed E-state index contributed by atoms with van der Waals surface area (Å²) in [6, 6.07) is 11.4. The molecule has 0 saturated heterocycles. The maximum absolute atomic E-state index is 13.3. The summed E-state index contributed by atoms with van der Waals surface area (Å²) in [6.45, 7) is 9.55. The highest BCUT2D eigenvalue weighted by atomic mass is 16.6. The van der Waals surface area contributed by atoms with Gasteiger partial charge in [0.2, 0.25) is 0 Å². The number of carbonyl (C=O) groups is 2. The lowest BCUT2D eigenvalue weighted by molar-refractivity contribution is -0.0172. The molecule has 0 bridgehead atoms. The van der Waals surface area contributed by atoms with Gasteiger partial charge in [0, 0.05) is 74.7 Å². The molecule has 0 unspecified atom stereocenters. The minimum absolute atomic E-state index is 0.0421. The van der Waals surface area contributed by atoms with E-state index in [-0.39, 0.29) is 24.0 Å². The normalized spacial score (nSPS) is 22.1. The number of aliphatic hydroxyl groups is 2. The highest BCUT2D eigenvalue weighted by molar-refractivity contribution is 6.00. The number of amides is 2. The lowest BCUT2D eigenvalue weighted by Gasteiger charge is -2.36. The predicted molar refractivity (Wildman–Crippen MR) is 218 cm³/mol. The van der Waals surface area contributed by atoms with E-state index in [2.05, 4.69) is 42.2 Å². The molecular formula is C42H55N11O5. The smallest absolute Gasteiger partial charge is 0.407 e. The fourth-order valence-corrected chi connectivity index (χ4v) is 7.85. The first-order valence-electron chi connectivity index (χ1n) is 19.8. The summed E-state index contributed by atoms with van der Waals surface area (Å²) in [5, 5.41) is 49.5. The summed E-state index contributed by atoms with van der Waals surface area (Å²) in [5.74, 6) is 0.415. The van der Waals surface area contributed by atoms with Crippen LogP contribution in [0.5, 0.6) is 0 Å². The summed E-state index contributed by atoms with van der Waals surface area (Å²) in [4.78, 5) is 34.1. The third-order valence-corrected chi connectivity index (χ3v) is 10.8. The number of aryl methyl sites for hydroxylation is 2. The van der Waals surface area contributed by atoms with Crippen molar-refractivity contribution >= 4 is 28.7 Å². The Morgan fingerprint density at radius 3 is 1.95 bits per heavy atom. The molecule has 5 N–H and O–H groups in total. The molecule has 5 aromatic rings. The molecule has 5 aromatic heterocycles. The fraction of sp³-hybridized carbons (Fsp3) is 0.500. The maximum atomic E-state index is 13.3. The van der Waals surface area contributed by atoms with Crippen molar-refractivity contribution in [2.24, 2.45) is 14.1 Å². The Balaban J connectivity index is 0.000000229. The second-order valence-corrected chi connectivity index (χ2v) is 16.7. The average Bonchev–Trinajstić information content (AvgIpc) is 3.92. The van der Waals surface area contributed by atoms with Gasteiger partial charge in [0.25, 0.3) is 5.91 Å². The van der Waals surface area contributed by atoms with Crippen LogP contribution >= 0.6 is 0 Å². The second-order valence-electron chi connectivity index (χ2n) is 16.7. The van der Waals surface area contributed by atoms with Gasteiger partial charge in [0.05, 0.1) is 28.2 Å². The van der Waals surface area contributed by atoms with Gasteiger partial charge in [-0.1, -0.05) is 0 Å². The average molecular weight is 794 g/mol. The molecule has 16 nitrogen and oxygen atoms in total. The summed E-state index contributed by atoms with van der Waals surface area (Å²) in [5.41, 5.74) is 1.68. The zero-order valence-corrected chi connectivity index (χ0v) is 34.4. The fourth-order valence-electron chi connectivity index (χ4n) is 7.85. The van der Waals surface area contributed by atoms with Crippen molar-refractivity contribution in [1.29, 1.82) is 5.26 Å². The van der Waals surface area contributed by atoms with E-state index in [0.717, 1.165) is 29.6 Å². The van der Waals surface area contributed by atoms with Crippen LogP contribution in [0, 0.1) is 11.3 Å². The molecule has 0 aromatic carbocycles. The molecule has 2 aliphatic rings. The zero-order chi connectivity index (χ0) is 41.8. The number of hydrogen-bond acceptors (Lipinski definition) is 11. The van der Waals surface area contributed by atoms with Gasteiger partial charge in [-0.25, -0.2) is 14.8 Å². The molecule has 0 atom stereocenters. The van der Waals surface area contributed by atoms with Crippen molar-refractivity contribution in [2.45, 2.75) is 121 Å². The topological polar surface area (TPSA) is 210 Å². The zero-order valence-electron chi connectivity index (χ0n) is 34.4. The standard InChI is InChI=1S/C27H30N8O2.C15H25N3O3/c1-17(2)32-22-13-24(35-11-7-19-12-18(14-28)15-30-25(19)35)29-16-21(22)26(36)33-20-4-8-27(37,9-5-20)23-6-10-31-34(23)3;1-14(2,3)21-13(19)17-11-5-8-15(20,9-6-11)12-7-10-16-18(12)4/h6-7,10-13,15-17,20,37H,4-5,8-9H2,1-3H3,(H,29,32)(H,33,36);7,10-11,20H,5-6,8-9H2,1-4H3,(H,17,19). The molecule has 2 fully saturated rings. The van der Waals surface area contributed by atoms with E-state index in [0.29, 0.717) is 66.8 Å². The maximum Gasteiger partial charge on any atom is 0.407 e.